The number of rotatable bonds is 9. The Morgan fingerprint density at radius 2 is 2.00 bits per heavy atom. The lowest BCUT2D eigenvalue weighted by Crippen LogP contribution is -2.27. The van der Waals surface area contributed by atoms with Gasteiger partial charge in [0.05, 0.1) is 23.6 Å². The van der Waals surface area contributed by atoms with E-state index in [-0.39, 0.29) is 35.0 Å². The molecule has 0 aliphatic heterocycles. The molecule has 0 fully saturated rings. The van der Waals surface area contributed by atoms with Gasteiger partial charge in [-0.1, -0.05) is 31.3 Å². The molecule has 156 valence electrons. The highest BCUT2D eigenvalue weighted by atomic mass is 35.5. The van der Waals surface area contributed by atoms with E-state index in [1.54, 1.807) is 25.3 Å². The first-order valence-corrected chi connectivity index (χ1v) is 9.29. The largest absolute Gasteiger partial charge is 0.395 e. The number of carbonyl (C=O) groups excluding carboxylic acids is 1. The molecule has 0 spiro atoms. The lowest BCUT2D eigenvalue weighted by atomic mass is 10.0. The van der Waals surface area contributed by atoms with Gasteiger partial charge in [0, 0.05) is 47.0 Å². The topological polar surface area (TPSA) is 87.1 Å². The van der Waals surface area contributed by atoms with Gasteiger partial charge in [0.15, 0.2) is 0 Å². The molecule has 0 unspecified atom stereocenters. The molecule has 2 aromatic rings. The minimum Gasteiger partial charge on any atom is -0.395 e. The van der Waals surface area contributed by atoms with Crippen molar-refractivity contribution < 1.29 is 14.3 Å². The Bertz CT molecular complexity index is 1030. The summed E-state index contributed by atoms with van der Waals surface area (Å²) in [6.07, 6.45) is 5.81. The van der Waals surface area contributed by atoms with Crippen molar-refractivity contribution in [3.8, 4) is 0 Å². The van der Waals surface area contributed by atoms with E-state index in [1.165, 1.54) is 18.5 Å². The lowest BCUT2D eigenvalue weighted by molar-refractivity contribution is 0.0945. The average Bonchev–Trinajstić information content (AvgIpc) is 2.70. The minimum atomic E-state index is -0.716. The summed E-state index contributed by atoms with van der Waals surface area (Å²) >= 11 is 5.81. The third-order valence-electron chi connectivity index (χ3n) is 3.97. The van der Waals surface area contributed by atoms with Gasteiger partial charge < -0.3 is 15.7 Å². The first kappa shape index (κ1) is 23.0. The minimum absolute atomic E-state index is 0.0851. The molecule has 2 heterocycles. The Labute approximate surface area is 179 Å². The molecule has 0 aliphatic rings. The quantitative estimate of drug-likeness (QED) is 0.508. The van der Waals surface area contributed by atoms with Crippen LogP contribution < -0.4 is 10.6 Å². The van der Waals surface area contributed by atoms with Crippen molar-refractivity contribution in [2.45, 2.75) is 6.92 Å². The third-order valence-corrected chi connectivity index (χ3v) is 4.07. The zero-order chi connectivity index (χ0) is 22.3. The number of hydrogen-bond acceptors (Lipinski definition) is 5. The smallest absolute Gasteiger partial charge is 0.255 e. The maximum atomic E-state index is 14.0. The summed E-state index contributed by atoms with van der Waals surface area (Å²) < 4.78 is 14.0. The molecule has 2 rings (SSSR count). The summed E-state index contributed by atoms with van der Waals surface area (Å²) in [6, 6.07) is 3.23. The van der Waals surface area contributed by atoms with Gasteiger partial charge in [-0.2, -0.15) is 0 Å². The summed E-state index contributed by atoms with van der Waals surface area (Å²) in [7, 11) is 0. The van der Waals surface area contributed by atoms with Crippen molar-refractivity contribution in [1.29, 1.82) is 0 Å². The fourth-order valence-electron chi connectivity index (χ4n) is 2.59. The third kappa shape index (κ3) is 5.85. The van der Waals surface area contributed by atoms with E-state index in [4.69, 9.17) is 16.7 Å². The number of halogens is 2. The van der Waals surface area contributed by atoms with Crippen LogP contribution in [-0.2, 0) is 0 Å². The van der Waals surface area contributed by atoms with Gasteiger partial charge in [0.1, 0.15) is 5.83 Å². The van der Waals surface area contributed by atoms with Gasteiger partial charge >= 0.3 is 0 Å². The number of nitrogens with one attached hydrogen (secondary N) is 2. The number of carbonyl (C=O) groups is 1. The van der Waals surface area contributed by atoms with E-state index in [0.717, 1.165) is 0 Å². The summed E-state index contributed by atoms with van der Waals surface area (Å²) in [5, 5.41) is 14.8. The number of aromatic nitrogens is 2. The summed E-state index contributed by atoms with van der Waals surface area (Å²) in [4.78, 5) is 20.7. The van der Waals surface area contributed by atoms with Crippen LogP contribution >= 0.6 is 11.6 Å². The van der Waals surface area contributed by atoms with E-state index in [0.29, 0.717) is 22.5 Å². The number of nitrogens with zero attached hydrogens (tertiary/aromatic N) is 2. The SMILES string of the molecule is C=C(Cl)/C=C(\C(=C)F)c1cc(Nc2ccncc2C(=O)NCCO)c(C(=C)C)cn1. The van der Waals surface area contributed by atoms with Crippen molar-refractivity contribution in [2.75, 3.05) is 18.5 Å². The Kier molecular flexibility index (Phi) is 8.03. The zero-order valence-corrected chi connectivity index (χ0v) is 17.3. The van der Waals surface area contributed by atoms with E-state index < -0.39 is 11.7 Å². The van der Waals surface area contributed by atoms with E-state index in [1.807, 2.05) is 0 Å². The Morgan fingerprint density at radius 3 is 2.60 bits per heavy atom. The molecule has 0 aliphatic carbocycles. The number of allylic oxidation sites excluding steroid dienone is 5. The molecule has 1 amide bonds. The molecular formula is C22H22ClFN4O2. The van der Waals surface area contributed by atoms with Crippen LogP contribution in [0.3, 0.4) is 0 Å². The van der Waals surface area contributed by atoms with Crippen molar-refractivity contribution in [1.82, 2.24) is 15.3 Å². The number of anilines is 2. The van der Waals surface area contributed by atoms with Crippen molar-refractivity contribution in [2.24, 2.45) is 0 Å². The maximum absolute atomic E-state index is 14.0. The highest BCUT2D eigenvalue weighted by Crippen LogP contribution is 2.32. The molecule has 30 heavy (non-hydrogen) atoms. The molecule has 0 bridgehead atoms. The Hall–Kier alpha value is -3.29. The van der Waals surface area contributed by atoms with Crippen LogP contribution in [0.1, 0.15) is 28.5 Å². The average molecular weight is 429 g/mol. The molecular weight excluding hydrogens is 407 g/mol. The first-order chi connectivity index (χ1) is 14.2. The maximum Gasteiger partial charge on any atom is 0.255 e. The summed E-state index contributed by atoms with van der Waals surface area (Å²) in [6.45, 7) is 12.5. The second-order valence-corrected chi connectivity index (χ2v) is 6.82. The van der Waals surface area contributed by atoms with Crippen LogP contribution in [0.15, 0.2) is 67.4 Å². The van der Waals surface area contributed by atoms with Gasteiger partial charge in [0.25, 0.3) is 5.91 Å². The summed E-state index contributed by atoms with van der Waals surface area (Å²) in [5.41, 5.74) is 3.03. The zero-order valence-electron chi connectivity index (χ0n) is 16.5. The van der Waals surface area contributed by atoms with Gasteiger partial charge in [-0.05, 0) is 30.7 Å². The standard InChI is InChI=1S/C22H22ClFN4O2/c1-13(2)17-12-27-20(16(15(4)24)9-14(3)23)10-21(17)28-19-5-6-25-11-18(19)22(30)26-7-8-29/h5-6,9-12,29H,1,3-4,7-8H2,2H3,(H,26,30)(H,25,27,28)/b16-9+. The van der Waals surface area contributed by atoms with Crippen molar-refractivity contribution in [3.05, 3.63) is 84.2 Å². The van der Waals surface area contributed by atoms with E-state index in [2.05, 4.69) is 40.3 Å². The second kappa shape index (κ2) is 10.5. The molecule has 0 saturated carbocycles. The van der Waals surface area contributed by atoms with E-state index >= 15 is 0 Å². The second-order valence-electron chi connectivity index (χ2n) is 6.33. The highest BCUT2D eigenvalue weighted by molar-refractivity contribution is 6.31. The molecule has 0 aromatic carbocycles. The molecule has 0 atom stereocenters. The van der Waals surface area contributed by atoms with Gasteiger partial charge in [-0.3, -0.25) is 14.8 Å². The molecule has 6 nitrogen and oxygen atoms in total. The number of aliphatic hydroxyl groups excluding tert-OH is 1. The van der Waals surface area contributed by atoms with Crippen LogP contribution in [0.4, 0.5) is 15.8 Å². The monoisotopic (exact) mass is 428 g/mol. The Morgan fingerprint density at radius 1 is 1.27 bits per heavy atom. The predicted octanol–water partition coefficient (Wildman–Crippen LogP) is 4.59. The highest BCUT2D eigenvalue weighted by Gasteiger charge is 2.16. The molecule has 2 aromatic heterocycles. The first-order valence-electron chi connectivity index (χ1n) is 8.91. The number of pyridine rings is 2. The van der Waals surface area contributed by atoms with Crippen molar-refractivity contribution >= 4 is 40.0 Å². The van der Waals surface area contributed by atoms with Gasteiger partial charge in [-0.15, -0.1) is 0 Å². The van der Waals surface area contributed by atoms with Crippen LogP contribution in [-0.4, -0.2) is 34.1 Å². The lowest BCUT2D eigenvalue weighted by Gasteiger charge is -2.16. The number of amides is 1. The van der Waals surface area contributed by atoms with E-state index in [9.17, 15) is 9.18 Å². The Balaban J connectivity index is 2.54. The summed E-state index contributed by atoms with van der Waals surface area (Å²) in [5.74, 6) is -1.12. The fourth-order valence-corrected chi connectivity index (χ4v) is 2.70. The normalized spacial score (nSPS) is 11.0. The predicted molar refractivity (Wildman–Crippen MR) is 119 cm³/mol. The van der Waals surface area contributed by atoms with Crippen LogP contribution in [0.2, 0.25) is 0 Å². The van der Waals surface area contributed by atoms with Crippen molar-refractivity contribution in [3.63, 3.8) is 0 Å². The van der Waals surface area contributed by atoms with Crippen LogP contribution in [0.5, 0.6) is 0 Å². The molecule has 8 heteroatoms. The van der Waals surface area contributed by atoms with Crippen LogP contribution in [0.25, 0.3) is 11.1 Å². The molecule has 0 saturated heterocycles. The molecule has 3 N–H and O–H groups in total. The number of hydrogen-bond donors (Lipinski definition) is 3. The van der Waals surface area contributed by atoms with Crippen LogP contribution in [0, 0.1) is 0 Å². The van der Waals surface area contributed by atoms with Gasteiger partial charge in [-0.25, -0.2) is 4.39 Å². The van der Waals surface area contributed by atoms with Gasteiger partial charge in [0.2, 0.25) is 0 Å². The number of aliphatic hydroxyl groups is 1. The fraction of sp³-hybridized carbons (Fsp3) is 0.136. The molecule has 0 radical (unpaired) electrons.